The predicted octanol–water partition coefficient (Wildman–Crippen LogP) is 3.76. The lowest BCUT2D eigenvalue weighted by atomic mass is 10.1. The van der Waals surface area contributed by atoms with Gasteiger partial charge in [0.05, 0.1) is 7.11 Å². The maximum absolute atomic E-state index is 12.1. The summed E-state index contributed by atoms with van der Waals surface area (Å²) in [5.74, 6) is -0.145. The zero-order valence-corrected chi connectivity index (χ0v) is 18.9. The summed E-state index contributed by atoms with van der Waals surface area (Å²) < 4.78 is 36.8. The SMILES string of the molecule is COC(=O)CCCCCCCCCCCN(C)S(=O)(=O)NC(=O)OC(C)(C)C. The molecule has 1 N–H and O–H groups in total. The van der Waals surface area contributed by atoms with Gasteiger partial charge in [-0.25, -0.2) is 9.52 Å². The number of methoxy groups -OCH3 is 1. The number of hydrogen-bond donors (Lipinski definition) is 1. The van der Waals surface area contributed by atoms with Crippen LogP contribution in [0.1, 0.15) is 85.0 Å². The lowest BCUT2D eigenvalue weighted by Gasteiger charge is -2.22. The van der Waals surface area contributed by atoms with E-state index in [-0.39, 0.29) is 5.97 Å². The largest absolute Gasteiger partial charge is 0.469 e. The number of rotatable bonds is 14. The molecular formula is C19H38N2O6S. The molecule has 0 saturated heterocycles. The van der Waals surface area contributed by atoms with Crippen LogP contribution in [0.5, 0.6) is 0 Å². The number of unbranched alkanes of at least 4 members (excludes halogenated alkanes) is 8. The first-order valence-corrected chi connectivity index (χ1v) is 11.5. The Hall–Kier alpha value is -1.35. The third kappa shape index (κ3) is 14.7. The molecule has 0 radical (unpaired) electrons. The molecule has 28 heavy (non-hydrogen) atoms. The summed E-state index contributed by atoms with van der Waals surface area (Å²) in [7, 11) is -1.02. The number of amides is 1. The van der Waals surface area contributed by atoms with E-state index >= 15 is 0 Å². The fourth-order valence-corrected chi connectivity index (χ4v) is 3.32. The van der Waals surface area contributed by atoms with E-state index in [1.54, 1.807) is 20.8 Å². The van der Waals surface area contributed by atoms with Crippen LogP contribution in [0.25, 0.3) is 0 Å². The molecule has 8 nitrogen and oxygen atoms in total. The van der Waals surface area contributed by atoms with Crippen molar-refractivity contribution in [2.24, 2.45) is 0 Å². The summed E-state index contributed by atoms with van der Waals surface area (Å²) >= 11 is 0. The molecule has 0 heterocycles. The lowest BCUT2D eigenvalue weighted by Crippen LogP contribution is -2.44. The van der Waals surface area contributed by atoms with Crippen molar-refractivity contribution in [2.75, 3.05) is 20.7 Å². The molecule has 1 amide bonds. The van der Waals surface area contributed by atoms with Gasteiger partial charge in [-0.2, -0.15) is 12.7 Å². The van der Waals surface area contributed by atoms with Crippen molar-refractivity contribution in [3.63, 3.8) is 0 Å². The van der Waals surface area contributed by atoms with Crippen molar-refractivity contribution in [1.29, 1.82) is 0 Å². The van der Waals surface area contributed by atoms with E-state index in [0.29, 0.717) is 13.0 Å². The Kier molecular flexibility index (Phi) is 13.1. The summed E-state index contributed by atoms with van der Waals surface area (Å²) in [6.45, 7) is 5.37. The highest BCUT2D eigenvalue weighted by Crippen LogP contribution is 2.12. The van der Waals surface area contributed by atoms with E-state index in [0.717, 1.165) is 62.1 Å². The molecule has 166 valence electrons. The fraction of sp³-hybridized carbons (Fsp3) is 0.895. The van der Waals surface area contributed by atoms with Crippen molar-refractivity contribution >= 4 is 22.3 Å². The van der Waals surface area contributed by atoms with Gasteiger partial charge in [-0.15, -0.1) is 0 Å². The van der Waals surface area contributed by atoms with Crippen LogP contribution in [0.3, 0.4) is 0 Å². The van der Waals surface area contributed by atoms with Gasteiger partial charge in [0.25, 0.3) is 0 Å². The van der Waals surface area contributed by atoms with Gasteiger partial charge in [-0.1, -0.05) is 44.9 Å². The zero-order chi connectivity index (χ0) is 21.6. The van der Waals surface area contributed by atoms with Gasteiger partial charge >= 0.3 is 22.3 Å². The predicted molar refractivity (Wildman–Crippen MR) is 109 cm³/mol. The number of hydrogen-bond acceptors (Lipinski definition) is 6. The molecule has 0 aliphatic rings. The van der Waals surface area contributed by atoms with Gasteiger partial charge in [-0.05, 0) is 33.6 Å². The molecule has 0 aromatic rings. The first-order chi connectivity index (χ1) is 13.0. The highest BCUT2D eigenvalue weighted by Gasteiger charge is 2.24. The van der Waals surface area contributed by atoms with Crippen LogP contribution in [0.2, 0.25) is 0 Å². The van der Waals surface area contributed by atoms with Crippen LogP contribution in [0.4, 0.5) is 4.79 Å². The molecule has 0 fully saturated rings. The summed E-state index contributed by atoms with van der Waals surface area (Å²) in [6.07, 6.45) is 8.71. The number of ether oxygens (including phenoxy) is 2. The second kappa shape index (κ2) is 13.8. The summed E-state index contributed by atoms with van der Waals surface area (Å²) in [5, 5.41) is 0. The molecule has 0 spiro atoms. The maximum Gasteiger partial charge on any atom is 0.422 e. The van der Waals surface area contributed by atoms with E-state index < -0.39 is 21.9 Å². The van der Waals surface area contributed by atoms with E-state index in [1.807, 2.05) is 4.72 Å². The Bertz CT molecular complexity index is 557. The molecule has 0 unspecified atom stereocenters. The van der Waals surface area contributed by atoms with Crippen LogP contribution in [-0.2, 0) is 24.5 Å². The third-order valence-electron chi connectivity index (χ3n) is 4.10. The van der Waals surface area contributed by atoms with Gasteiger partial charge in [0.15, 0.2) is 0 Å². The maximum atomic E-state index is 12.1. The molecule has 0 rings (SSSR count). The summed E-state index contributed by atoms with van der Waals surface area (Å²) in [6, 6.07) is 0. The quantitative estimate of drug-likeness (QED) is 0.338. The highest BCUT2D eigenvalue weighted by atomic mass is 32.2. The smallest absolute Gasteiger partial charge is 0.422 e. The molecule has 0 aromatic heterocycles. The Morgan fingerprint density at radius 3 is 1.82 bits per heavy atom. The minimum absolute atomic E-state index is 0.145. The van der Waals surface area contributed by atoms with Crippen molar-refractivity contribution in [1.82, 2.24) is 9.03 Å². The highest BCUT2D eigenvalue weighted by molar-refractivity contribution is 7.87. The number of nitrogens with zero attached hydrogens (tertiary/aromatic N) is 1. The molecule has 0 aromatic carbocycles. The Labute approximate surface area is 170 Å². The van der Waals surface area contributed by atoms with Crippen molar-refractivity contribution in [2.45, 2.75) is 90.6 Å². The molecule has 0 aliphatic carbocycles. The number of nitrogens with one attached hydrogen (secondary N) is 1. The Morgan fingerprint density at radius 2 is 1.36 bits per heavy atom. The van der Waals surface area contributed by atoms with E-state index in [4.69, 9.17) is 4.74 Å². The van der Waals surface area contributed by atoms with Crippen LogP contribution >= 0.6 is 0 Å². The van der Waals surface area contributed by atoms with Crippen LogP contribution in [0, 0.1) is 0 Å². The molecule has 0 atom stereocenters. The van der Waals surface area contributed by atoms with Gasteiger partial charge in [0.2, 0.25) is 0 Å². The van der Waals surface area contributed by atoms with E-state index in [2.05, 4.69) is 4.74 Å². The monoisotopic (exact) mass is 422 g/mol. The number of carbonyl (C=O) groups excluding carboxylic acids is 2. The minimum atomic E-state index is -3.87. The lowest BCUT2D eigenvalue weighted by molar-refractivity contribution is -0.140. The fourth-order valence-electron chi connectivity index (χ4n) is 2.55. The second-order valence-electron chi connectivity index (χ2n) is 7.94. The second-order valence-corrected chi connectivity index (χ2v) is 9.72. The molecule has 9 heteroatoms. The Balaban J connectivity index is 3.74. The van der Waals surface area contributed by atoms with E-state index in [9.17, 15) is 18.0 Å². The topological polar surface area (TPSA) is 102 Å². The van der Waals surface area contributed by atoms with Crippen molar-refractivity contribution in [3.8, 4) is 0 Å². The van der Waals surface area contributed by atoms with Crippen LogP contribution in [-0.4, -0.2) is 51.1 Å². The zero-order valence-electron chi connectivity index (χ0n) is 18.1. The van der Waals surface area contributed by atoms with Crippen molar-refractivity contribution < 1.29 is 27.5 Å². The van der Waals surface area contributed by atoms with Gasteiger partial charge in [0.1, 0.15) is 5.60 Å². The molecule has 0 saturated carbocycles. The summed E-state index contributed by atoms with van der Waals surface area (Å²) in [4.78, 5) is 22.6. The standard InChI is InChI=1S/C19H38N2O6S/c1-19(2,3)27-18(23)20-28(24,25)21(4)16-14-12-10-8-6-7-9-11-13-15-17(22)26-5/h6-16H2,1-5H3,(H,20,23). The van der Waals surface area contributed by atoms with Gasteiger partial charge in [-0.3, -0.25) is 4.79 Å². The molecule has 0 aliphatic heterocycles. The van der Waals surface area contributed by atoms with E-state index in [1.165, 1.54) is 14.2 Å². The normalized spacial score (nSPS) is 12.1. The molecular weight excluding hydrogens is 384 g/mol. The van der Waals surface area contributed by atoms with Crippen LogP contribution in [0.15, 0.2) is 0 Å². The first kappa shape index (κ1) is 26.6. The third-order valence-corrected chi connectivity index (χ3v) is 5.53. The minimum Gasteiger partial charge on any atom is -0.469 e. The van der Waals surface area contributed by atoms with Crippen molar-refractivity contribution in [3.05, 3.63) is 0 Å². The van der Waals surface area contributed by atoms with Gasteiger partial charge < -0.3 is 9.47 Å². The first-order valence-electron chi connectivity index (χ1n) is 10.0. The number of carbonyl (C=O) groups is 2. The average Bonchev–Trinajstić information content (AvgIpc) is 2.56. The van der Waals surface area contributed by atoms with Gasteiger partial charge in [0, 0.05) is 20.0 Å². The van der Waals surface area contributed by atoms with Crippen LogP contribution < -0.4 is 4.72 Å². The number of esters is 1. The average molecular weight is 423 g/mol. The Morgan fingerprint density at radius 1 is 0.893 bits per heavy atom. The molecule has 0 bridgehead atoms. The summed E-state index contributed by atoms with van der Waals surface area (Å²) in [5.41, 5.74) is -0.750.